The van der Waals surface area contributed by atoms with Crippen LogP contribution in [0.15, 0.2) is 12.3 Å². The molecule has 1 aromatic heterocycles. The lowest BCUT2D eigenvalue weighted by Gasteiger charge is -2.19. The zero-order valence-corrected chi connectivity index (χ0v) is 11.4. The second-order valence-corrected chi connectivity index (χ2v) is 5.22. The summed E-state index contributed by atoms with van der Waals surface area (Å²) in [5.41, 5.74) is -0.127. The molecule has 96 valence electrons. The number of hydrogen-bond acceptors (Lipinski definition) is 4. The molecule has 0 N–H and O–H groups in total. The first kappa shape index (κ1) is 13.9. The molecule has 1 heterocycles. The van der Waals surface area contributed by atoms with Gasteiger partial charge in [0, 0.05) is 18.2 Å². The Morgan fingerprint density at radius 2 is 1.94 bits per heavy atom. The minimum Gasteiger partial charge on any atom is -0.475 e. The van der Waals surface area contributed by atoms with E-state index in [2.05, 4.69) is 23.8 Å². The Labute approximate surface area is 103 Å². The fourth-order valence-electron chi connectivity index (χ4n) is 1.21. The molecule has 0 aliphatic carbocycles. The zero-order chi connectivity index (χ0) is 12.9. The van der Waals surface area contributed by atoms with Crippen molar-refractivity contribution < 1.29 is 9.47 Å². The van der Waals surface area contributed by atoms with Gasteiger partial charge in [-0.25, -0.2) is 4.98 Å². The summed E-state index contributed by atoms with van der Waals surface area (Å²) in [5.74, 6) is 1.73. The van der Waals surface area contributed by atoms with Gasteiger partial charge < -0.3 is 9.47 Å². The summed E-state index contributed by atoms with van der Waals surface area (Å²) in [7, 11) is 0. The third-order valence-corrected chi connectivity index (χ3v) is 2.03. The quantitative estimate of drug-likeness (QED) is 0.740. The second kappa shape index (κ2) is 5.96. The Balaban J connectivity index is 2.39. The fraction of sp³-hybridized carbons (Fsp3) is 0.692. The molecule has 0 unspecified atom stereocenters. The van der Waals surface area contributed by atoms with Crippen molar-refractivity contribution in [2.75, 3.05) is 13.2 Å². The summed E-state index contributed by atoms with van der Waals surface area (Å²) in [6.07, 6.45) is 1.72. The molecule has 0 aliphatic rings. The normalized spacial score (nSPS) is 11.9. The van der Waals surface area contributed by atoms with Gasteiger partial charge in [0.15, 0.2) is 0 Å². The molecule has 0 aliphatic heterocycles. The Morgan fingerprint density at radius 3 is 2.53 bits per heavy atom. The second-order valence-electron chi connectivity index (χ2n) is 5.22. The fourth-order valence-corrected chi connectivity index (χ4v) is 1.21. The molecule has 4 heteroatoms. The van der Waals surface area contributed by atoms with Crippen molar-refractivity contribution in [1.82, 2.24) is 9.97 Å². The van der Waals surface area contributed by atoms with Gasteiger partial charge in [0.05, 0.1) is 12.2 Å². The van der Waals surface area contributed by atoms with E-state index in [9.17, 15) is 0 Å². The Morgan fingerprint density at radius 1 is 1.24 bits per heavy atom. The predicted molar refractivity (Wildman–Crippen MR) is 67.3 cm³/mol. The van der Waals surface area contributed by atoms with Gasteiger partial charge in [-0.3, -0.25) is 0 Å². The summed E-state index contributed by atoms with van der Waals surface area (Å²) >= 11 is 0. The summed E-state index contributed by atoms with van der Waals surface area (Å²) in [4.78, 5) is 8.50. The van der Waals surface area contributed by atoms with Crippen LogP contribution in [0.2, 0.25) is 0 Å². The number of hydrogen-bond donors (Lipinski definition) is 0. The van der Waals surface area contributed by atoms with Gasteiger partial charge in [0.2, 0.25) is 5.88 Å². The number of aromatic nitrogens is 2. The average molecular weight is 238 g/mol. The smallest absolute Gasteiger partial charge is 0.216 e. The first-order valence-corrected chi connectivity index (χ1v) is 5.98. The Bertz CT molecular complexity index is 346. The largest absolute Gasteiger partial charge is 0.475 e. The maximum Gasteiger partial charge on any atom is 0.216 e. The SMILES string of the molecule is CC(C)c1nccc(OCCOC(C)(C)C)n1. The van der Waals surface area contributed by atoms with E-state index < -0.39 is 0 Å². The maximum atomic E-state index is 5.56. The molecule has 0 fully saturated rings. The molecular weight excluding hydrogens is 216 g/mol. The van der Waals surface area contributed by atoms with Crippen LogP contribution < -0.4 is 4.74 Å². The van der Waals surface area contributed by atoms with Crippen LogP contribution in [0.1, 0.15) is 46.4 Å². The first-order chi connectivity index (χ1) is 7.88. The van der Waals surface area contributed by atoms with Crippen LogP contribution in [0.25, 0.3) is 0 Å². The van der Waals surface area contributed by atoms with Gasteiger partial charge in [-0.2, -0.15) is 4.98 Å². The molecule has 0 spiro atoms. The molecule has 0 bridgehead atoms. The number of rotatable bonds is 5. The molecule has 17 heavy (non-hydrogen) atoms. The maximum absolute atomic E-state index is 5.56. The zero-order valence-electron chi connectivity index (χ0n) is 11.4. The van der Waals surface area contributed by atoms with E-state index in [1.807, 2.05) is 20.8 Å². The molecule has 0 aromatic carbocycles. The van der Waals surface area contributed by atoms with E-state index in [-0.39, 0.29) is 5.60 Å². The number of nitrogens with zero attached hydrogens (tertiary/aromatic N) is 2. The van der Waals surface area contributed by atoms with Crippen LogP contribution >= 0.6 is 0 Å². The minimum absolute atomic E-state index is 0.127. The number of ether oxygens (including phenoxy) is 2. The highest BCUT2D eigenvalue weighted by atomic mass is 16.5. The van der Waals surface area contributed by atoms with Crippen molar-refractivity contribution in [3.05, 3.63) is 18.1 Å². The van der Waals surface area contributed by atoms with E-state index in [0.29, 0.717) is 25.0 Å². The van der Waals surface area contributed by atoms with Gasteiger partial charge in [-0.1, -0.05) is 13.8 Å². The molecule has 0 saturated carbocycles. The molecular formula is C13H22N2O2. The topological polar surface area (TPSA) is 44.2 Å². The van der Waals surface area contributed by atoms with Crippen molar-refractivity contribution in [2.45, 2.75) is 46.1 Å². The van der Waals surface area contributed by atoms with Crippen molar-refractivity contribution in [2.24, 2.45) is 0 Å². The molecule has 4 nitrogen and oxygen atoms in total. The van der Waals surface area contributed by atoms with Crippen molar-refractivity contribution in [1.29, 1.82) is 0 Å². The van der Waals surface area contributed by atoms with Crippen molar-refractivity contribution in [3.63, 3.8) is 0 Å². The van der Waals surface area contributed by atoms with E-state index in [1.165, 1.54) is 0 Å². The third-order valence-electron chi connectivity index (χ3n) is 2.03. The molecule has 1 rings (SSSR count). The lowest BCUT2D eigenvalue weighted by atomic mass is 10.2. The van der Waals surface area contributed by atoms with Gasteiger partial charge in [-0.05, 0) is 20.8 Å². The van der Waals surface area contributed by atoms with Crippen LogP contribution in [-0.4, -0.2) is 28.8 Å². The van der Waals surface area contributed by atoms with Crippen molar-refractivity contribution >= 4 is 0 Å². The van der Waals surface area contributed by atoms with E-state index >= 15 is 0 Å². The van der Waals surface area contributed by atoms with E-state index in [0.717, 1.165) is 5.82 Å². The molecule has 1 aromatic rings. The summed E-state index contributed by atoms with van der Waals surface area (Å²) in [6, 6.07) is 1.77. The summed E-state index contributed by atoms with van der Waals surface area (Å²) in [5, 5.41) is 0. The van der Waals surface area contributed by atoms with Crippen LogP contribution in [0, 0.1) is 0 Å². The highest BCUT2D eigenvalue weighted by molar-refractivity contribution is 5.09. The molecule has 0 atom stereocenters. The van der Waals surface area contributed by atoms with E-state index in [4.69, 9.17) is 9.47 Å². The highest BCUT2D eigenvalue weighted by Crippen LogP contribution is 2.12. The Kier molecular flexibility index (Phi) is 4.87. The predicted octanol–water partition coefficient (Wildman–Crippen LogP) is 2.79. The Hall–Kier alpha value is -1.16. The molecule has 0 amide bonds. The molecule has 0 saturated heterocycles. The van der Waals surface area contributed by atoms with Gasteiger partial charge in [-0.15, -0.1) is 0 Å². The monoisotopic (exact) mass is 238 g/mol. The van der Waals surface area contributed by atoms with Crippen LogP contribution in [0.5, 0.6) is 5.88 Å². The minimum atomic E-state index is -0.127. The van der Waals surface area contributed by atoms with Crippen molar-refractivity contribution in [3.8, 4) is 5.88 Å². The highest BCUT2D eigenvalue weighted by Gasteiger charge is 2.09. The van der Waals surface area contributed by atoms with E-state index in [1.54, 1.807) is 12.3 Å². The third kappa shape index (κ3) is 5.63. The van der Waals surface area contributed by atoms with Crippen LogP contribution in [0.3, 0.4) is 0 Å². The lowest BCUT2D eigenvalue weighted by Crippen LogP contribution is -2.22. The van der Waals surface area contributed by atoms with Gasteiger partial charge >= 0.3 is 0 Å². The standard InChI is InChI=1S/C13H22N2O2/c1-10(2)12-14-7-6-11(15-12)16-8-9-17-13(3,4)5/h6-7,10H,8-9H2,1-5H3. The summed E-state index contributed by atoms with van der Waals surface area (Å²) < 4.78 is 11.1. The lowest BCUT2D eigenvalue weighted by molar-refractivity contribution is -0.0168. The molecule has 0 radical (unpaired) electrons. The van der Waals surface area contributed by atoms with Crippen LogP contribution in [-0.2, 0) is 4.74 Å². The first-order valence-electron chi connectivity index (χ1n) is 5.98. The van der Waals surface area contributed by atoms with Gasteiger partial charge in [0.25, 0.3) is 0 Å². The average Bonchev–Trinajstić information content (AvgIpc) is 2.23. The van der Waals surface area contributed by atoms with Crippen LogP contribution in [0.4, 0.5) is 0 Å². The summed E-state index contributed by atoms with van der Waals surface area (Å²) in [6.45, 7) is 11.2. The van der Waals surface area contributed by atoms with Gasteiger partial charge in [0.1, 0.15) is 12.4 Å².